The van der Waals surface area contributed by atoms with Crippen LogP contribution in [0.2, 0.25) is 0 Å². The van der Waals surface area contributed by atoms with Crippen LogP contribution < -0.4 is 20.9 Å². The molecule has 4 atom stereocenters. The van der Waals surface area contributed by atoms with Crippen molar-refractivity contribution in [3.63, 3.8) is 0 Å². The Morgan fingerprint density at radius 1 is 1.24 bits per heavy atom. The summed E-state index contributed by atoms with van der Waals surface area (Å²) in [7, 11) is -3.75. The predicted molar refractivity (Wildman–Crippen MR) is 124 cm³/mol. The van der Waals surface area contributed by atoms with Crippen LogP contribution >= 0.6 is 7.52 Å². The van der Waals surface area contributed by atoms with Crippen molar-refractivity contribution in [3.8, 4) is 5.75 Å². The van der Waals surface area contributed by atoms with Gasteiger partial charge in [0.1, 0.15) is 11.8 Å². The van der Waals surface area contributed by atoms with Crippen LogP contribution in [-0.2, 0) is 30.0 Å². The molecule has 0 saturated heterocycles. The number of hydrogen-bond donors (Lipinski definition) is 2. The minimum absolute atomic E-state index is 0.178. The van der Waals surface area contributed by atoms with Crippen LogP contribution in [0.15, 0.2) is 58.3 Å². The molecule has 2 N–H and O–H groups in total. The molecule has 184 valence electrons. The second-order valence-corrected chi connectivity index (χ2v) is 9.48. The Balaban J connectivity index is 1.70. The SMILES string of the molecule is CCOC(=O)[C@H](C)NP(=O)(CO[C@@H]1C=C[C@H](n2cc(CC)c(=O)[nH]c2=O)O1)Oc1ccccc1. The number of esters is 1. The molecule has 34 heavy (non-hydrogen) atoms. The fourth-order valence-electron chi connectivity index (χ4n) is 3.16. The molecule has 2 heterocycles. The summed E-state index contributed by atoms with van der Waals surface area (Å²) in [4.78, 5) is 38.3. The Hall–Kier alpha value is -2.98. The molecule has 1 aromatic carbocycles. The molecule has 0 bridgehead atoms. The van der Waals surface area contributed by atoms with E-state index >= 15 is 0 Å². The maximum Gasteiger partial charge on any atom is 0.342 e. The van der Waals surface area contributed by atoms with Crippen LogP contribution in [0.3, 0.4) is 0 Å². The molecule has 0 spiro atoms. The molecule has 1 aliphatic heterocycles. The van der Waals surface area contributed by atoms with E-state index in [0.29, 0.717) is 17.7 Å². The first kappa shape index (κ1) is 25.6. The quantitative estimate of drug-likeness (QED) is 0.274. The molecule has 0 fully saturated rings. The van der Waals surface area contributed by atoms with Gasteiger partial charge >= 0.3 is 19.2 Å². The molecule has 1 aromatic heterocycles. The molecular weight excluding hydrogens is 465 g/mol. The lowest BCUT2D eigenvalue weighted by molar-refractivity contribution is -0.144. The third-order valence-electron chi connectivity index (χ3n) is 4.84. The fourth-order valence-corrected chi connectivity index (χ4v) is 4.84. The molecule has 11 nitrogen and oxygen atoms in total. The van der Waals surface area contributed by atoms with E-state index in [4.69, 9.17) is 18.7 Å². The number of carbonyl (C=O) groups excluding carboxylic acids is 1. The highest BCUT2D eigenvalue weighted by molar-refractivity contribution is 7.57. The van der Waals surface area contributed by atoms with Crippen molar-refractivity contribution in [2.45, 2.75) is 45.8 Å². The molecule has 1 unspecified atom stereocenters. The van der Waals surface area contributed by atoms with Gasteiger partial charge in [0.15, 0.2) is 18.9 Å². The van der Waals surface area contributed by atoms with Gasteiger partial charge in [0.05, 0.1) is 6.61 Å². The van der Waals surface area contributed by atoms with Gasteiger partial charge in [-0.25, -0.2) is 9.88 Å². The average Bonchev–Trinajstić information content (AvgIpc) is 3.27. The zero-order chi connectivity index (χ0) is 24.7. The number of nitrogens with one attached hydrogen (secondary N) is 2. The van der Waals surface area contributed by atoms with Gasteiger partial charge < -0.3 is 18.7 Å². The molecule has 0 amide bonds. The van der Waals surface area contributed by atoms with E-state index in [1.807, 2.05) is 0 Å². The summed E-state index contributed by atoms with van der Waals surface area (Å²) in [5, 5.41) is 2.68. The number of rotatable bonds is 11. The molecule has 12 heteroatoms. The van der Waals surface area contributed by atoms with Gasteiger partial charge in [-0.3, -0.25) is 23.7 Å². The highest BCUT2D eigenvalue weighted by atomic mass is 31.2. The Morgan fingerprint density at radius 3 is 2.65 bits per heavy atom. The van der Waals surface area contributed by atoms with Crippen LogP contribution in [0.1, 0.15) is 32.6 Å². The second-order valence-electron chi connectivity index (χ2n) is 7.43. The topological polar surface area (TPSA) is 138 Å². The van der Waals surface area contributed by atoms with Crippen LogP contribution in [0, 0.1) is 0 Å². The number of hydrogen-bond acceptors (Lipinski definition) is 8. The van der Waals surface area contributed by atoms with Gasteiger partial charge in [-0.15, -0.1) is 0 Å². The fraction of sp³-hybridized carbons (Fsp3) is 0.409. The third-order valence-corrected chi connectivity index (χ3v) is 6.61. The van der Waals surface area contributed by atoms with E-state index < -0.39 is 49.6 Å². The standard InChI is InChI=1S/C22H28N3O8P/c1-4-16-13-25(22(28)23-20(16)26)18-11-12-19(32-18)31-14-34(29,24-15(3)21(27)30-5-2)33-17-9-7-6-8-10-17/h6-13,15,18-19H,4-5,14H2,1-3H3,(H,24,29)(H,23,26,28)/t15-,18+,19-,34?/m0/s1. The first-order valence-corrected chi connectivity index (χ1v) is 12.6. The maximum absolute atomic E-state index is 13.5. The summed E-state index contributed by atoms with van der Waals surface area (Å²) in [5.74, 6) is -0.258. The minimum atomic E-state index is -3.75. The number of carbonyl (C=O) groups is 1. The van der Waals surface area contributed by atoms with Crippen molar-refractivity contribution in [2.24, 2.45) is 0 Å². The number of H-pyrrole nitrogens is 1. The smallest absolute Gasteiger partial charge is 0.342 e. The monoisotopic (exact) mass is 493 g/mol. The van der Waals surface area contributed by atoms with Gasteiger partial charge in [-0.1, -0.05) is 25.1 Å². The number of aromatic amines is 1. The number of nitrogens with zero attached hydrogens (tertiary/aromatic N) is 1. The van der Waals surface area contributed by atoms with E-state index in [1.165, 1.54) is 17.7 Å². The van der Waals surface area contributed by atoms with E-state index in [0.717, 1.165) is 0 Å². The Labute approximate surface area is 196 Å². The zero-order valence-electron chi connectivity index (χ0n) is 19.1. The molecular formula is C22H28N3O8P. The first-order valence-electron chi connectivity index (χ1n) is 10.8. The van der Waals surface area contributed by atoms with Crippen molar-refractivity contribution in [1.29, 1.82) is 0 Å². The number of para-hydroxylation sites is 1. The van der Waals surface area contributed by atoms with Crippen molar-refractivity contribution >= 4 is 13.5 Å². The van der Waals surface area contributed by atoms with Crippen molar-refractivity contribution in [3.05, 3.63) is 75.1 Å². The summed E-state index contributed by atoms with van der Waals surface area (Å²) in [6.07, 6.45) is 2.81. The lowest BCUT2D eigenvalue weighted by Gasteiger charge is -2.24. The number of benzene rings is 1. The minimum Gasteiger partial charge on any atom is -0.465 e. The Kier molecular flexibility index (Phi) is 8.62. The number of ether oxygens (including phenoxy) is 3. The molecule has 3 rings (SSSR count). The summed E-state index contributed by atoms with van der Waals surface area (Å²) in [6.45, 7) is 5.16. The van der Waals surface area contributed by atoms with Crippen molar-refractivity contribution < 1.29 is 28.1 Å². The van der Waals surface area contributed by atoms with Crippen molar-refractivity contribution in [2.75, 3.05) is 13.0 Å². The number of aromatic nitrogens is 2. The lowest BCUT2D eigenvalue weighted by atomic mass is 10.2. The van der Waals surface area contributed by atoms with Crippen LogP contribution in [0.25, 0.3) is 0 Å². The van der Waals surface area contributed by atoms with Gasteiger partial charge in [-0.05, 0) is 44.6 Å². The van der Waals surface area contributed by atoms with Crippen molar-refractivity contribution in [1.82, 2.24) is 14.6 Å². The van der Waals surface area contributed by atoms with E-state index in [1.54, 1.807) is 56.3 Å². The summed E-state index contributed by atoms with van der Waals surface area (Å²) in [6, 6.07) is 7.55. The summed E-state index contributed by atoms with van der Waals surface area (Å²) in [5.41, 5.74) is -0.640. The third kappa shape index (κ3) is 6.54. The number of aryl methyl sites for hydroxylation is 1. The Morgan fingerprint density at radius 2 is 1.97 bits per heavy atom. The first-order chi connectivity index (χ1) is 16.2. The van der Waals surface area contributed by atoms with E-state index in [2.05, 4.69) is 10.1 Å². The maximum atomic E-state index is 13.5. The summed E-state index contributed by atoms with van der Waals surface area (Å²) >= 11 is 0. The molecule has 0 aliphatic carbocycles. The largest absolute Gasteiger partial charge is 0.465 e. The van der Waals surface area contributed by atoms with Gasteiger partial charge in [-0.2, -0.15) is 0 Å². The second kappa shape index (κ2) is 11.4. The highest BCUT2D eigenvalue weighted by Gasteiger charge is 2.33. The Bertz CT molecular complexity index is 1180. The molecule has 0 saturated carbocycles. The zero-order valence-corrected chi connectivity index (χ0v) is 20.0. The van der Waals surface area contributed by atoms with E-state index in [9.17, 15) is 18.9 Å². The van der Waals surface area contributed by atoms with Crippen LogP contribution in [-0.4, -0.2) is 40.8 Å². The van der Waals surface area contributed by atoms with Gasteiger partial charge in [0.25, 0.3) is 5.56 Å². The molecule has 2 aromatic rings. The molecule has 0 radical (unpaired) electrons. The van der Waals surface area contributed by atoms with Crippen LogP contribution in [0.4, 0.5) is 0 Å². The summed E-state index contributed by atoms with van der Waals surface area (Å²) < 4.78 is 36.8. The average molecular weight is 493 g/mol. The van der Waals surface area contributed by atoms with Gasteiger partial charge in [0, 0.05) is 11.8 Å². The van der Waals surface area contributed by atoms with Crippen LogP contribution in [0.5, 0.6) is 5.75 Å². The highest BCUT2D eigenvalue weighted by Crippen LogP contribution is 2.44. The van der Waals surface area contributed by atoms with E-state index in [-0.39, 0.29) is 6.61 Å². The molecule has 1 aliphatic rings. The predicted octanol–water partition coefficient (Wildman–Crippen LogP) is 2.30. The van der Waals surface area contributed by atoms with Gasteiger partial charge in [0.2, 0.25) is 0 Å². The lowest BCUT2D eigenvalue weighted by Crippen LogP contribution is -2.36. The normalized spacial score (nSPS) is 20.0.